The van der Waals surface area contributed by atoms with Crippen molar-refractivity contribution in [2.75, 3.05) is 32.8 Å². The van der Waals surface area contributed by atoms with Gasteiger partial charge in [0.1, 0.15) is 5.75 Å². The predicted molar refractivity (Wildman–Crippen MR) is 104 cm³/mol. The van der Waals surface area contributed by atoms with Crippen LogP contribution in [-0.4, -0.2) is 48.8 Å². The Bertz CT molecular complexity index is 775. The molecular weight excluding hydrogens is 396 g/mol. The maximum Gasteiger partial charge on any atom is 0.255 e. The van der Waals surface area contributed by atoms with E-state index >= 15 is 0 Å². The number of aryl methyl sites for hydroxylation is 1. The molecule has 1 fully saturated rings. The molecule has 0 radical (unpaired) electrons. The number of nitrogens with one attached hydrogen (secondary N) is 1. The number of phenols is 1. The van der Waals surface area contributed by atoms with Crippen LogP contribution in [0.15, 0.2) is 46.9 Å². The molecule has 1 heterocycles. The maximum atomic E-state index is 12.6. The van der Waals surface area contributed by atoms with E-state index in [0.29, 0.717) is 19.8 Å². The summed E-state index contributed by atoms with van der Waals surface area (Å²) in [6.45, 7) is 5.59. The van der Waals surface area contributed by atoms with Crippen LogP contribution in [0.25, 0.3) is 0 Å². The summed E-state index contributed by atoms with van der Waals surface area (Å²) in [5, 5.41) is 12.9. The molecule has 1 aliphatic rings. The van der Waals surface area contributed by atoms with Crippen molar-refractivity contribution in [2.45, 2.75) is 13.0 Å². The van der Waals surface area contributed by atoms with E-state index in [0.717, 1.165) is 17.6 Å². The van der Waals surface area contributed by atoms with Crippen LogP contribution >= 0.6 is 15.9 Å². The van der Waals surface area contributed by atoms with Crippen molar-refractivity contribution < 1.29 is 14.6 Å². The van der Waals surface area contributed by atoms with E-state index in [1.54, 1.807) is 12.1 Å². The number of hydrogen-bond acceptors (Lipinski definition) is 4. The molecule has 26 heavy (non-hydrogen) atoms. The Hall–Kier alpha value is -1.89. The van der Waals surface area contributed by atoms with E-state index in [4.69, 9.17) is 4.74 Å². The van der Waals surface area contributed by atoms with Crippen molar-refractivity contribution in [1.29, 1.82) is 0 Å². The van der Waals surface area contributed by atoms with Crippen LogP contribution in [0.1, 0.15) is 27.5 Å². The third-order valence-corrected chi connectivity index (χ3v) is 5.07. The van der Waals surface area contributed by atoms with Gasteiger partial charge in [0.15, 0.2) is 0 Å². The summed E-state index contributed by atoms with van der Waals surface area (Å²) in [6.07, 6.45) is 0. The molecule has 2 aromatic rings. The average Bonchev–Trinajstić information content (AvgIpc) is 2.65. The minimum Gasteiger partial charge on any atom is -0.507 e. The molecule has 3 rings (SSSR count). The van der Waals surface area contributed by atoms with E-state index in [2.05, 4.69) is 51.3 Å². The summed E-state index contributed by atoms with van der Waals surface area (Å²) in [6, 6.07) is 13.3. The van der Waals surface area contributed by atoms with Crippen LogP contribution in [0.4, 0.5) is 0 Å². The Morgan fingerprint density at radius 1 is 1.27 bits per heavy atom. The van der Waals surface area contributed by atoms with Crippen molar-refractivity contribution in [2.24, 2.45) is 0 Å². The normalized spacial score (nSPS) is 16.2. The van der Waals surface area contributed by atoms with Gasteiger partial charge in [-0.3, -0.25) is 9.69 Å². The van der Waals surface area contributed by atoms with Gasteiger partial charge in [0.25, 0.3) is 5.91 Å². The van der Waals surface area contributed by atoms with Crippen molar-refractivity contribution in [3.63, 3.8) is 0 Å². The highest BCUT2D eigenvalue weighted by molar-refractivity contribution is 9.10. The molecule has 0 aromatic heterocycles. The number of morpholine rings is 1. The van der Waals surface area contributed by atoms with E-state index < -0.39 is 0 Å². The summed E-state index contributed by atoms with van der Waals surface area (Å²) in [5.74, 6) is -0.307. The number of nitrogens with zero attached hydrogens (tertiary/aromatic N) is 1. The van der Waals surface area contributed by atoms with Gasteiger partial charge in [-0.25, -0.2) is 0 Å². The molecule has 2 aromatic carbocycles. The van der Waals surface area contributed by atoms with E-state index in [9.17, 15) is 9.90 Å². The molecule has 1 amide bonds. The zero-order chi connectivity index (χ0) is 18.5. The first-order valence-electron chi connectivity index (χ1n) is 8.69. The second-order valence-electron chi connectivity index (χ2n) is 6.45. The van der Waals surface area contributed by atoms with Crippen LogP contribution in [0.5, 0.6) is 5.75 Å². The Labute approximate surface area is 162 Å². The molecule has 1 unspecified atom stereocenters. The number of halogens is 1. The molecule has 1 saturated heterocycles. The van der Waals surface area contributed by atoms with Gasteiger partial charge < -0.3 is 15.2 Å². The van der Waals surface area contributed by atoms with Gasteiger partial charge in [-0.2, -0.15) is 0 Å². The lowest BCUT2D eigenvalue weighted by Crippen LogP contribution is -2.43. The lowest BCUT2D eigenvalue weighted by Gasteiger charge is -2.35. The number of aromatic hydroxyl groups is 1. The molecule has 1 atom stereocenters. The predicted octanol–water partition coefficient (Wildman–Crippen LogP) is 3.27. The van der Waals surface area contributed by atoms with Gasteiger partial charge in [-0.1, -0.05) is 45.8 Å². The molecule has 1 aliphatic heterocycles. The van der Waals surface area contributed by atoms with Crippen LogP contribution in [-0.2, 0) is 4.74 Å². The first-order chi connectivity index (χ1) is 12.5. The first-order valence-corrected chi connectivity index (χ1v) is 9.49. The number of hydrogen-bond donors (Lipinski definition) is 2. The fraction of sp³-hybridized carbons (Fsp3) is 0.350. The molecule has 0 aliphatic carbocycles. The number of phenolic OH excluding ortho intramolecular Hbond substituents is 1. The smallest absolute Gasteiger partial charge is 0.255 e. The molecule has 0 saturated carbocycles. The Kier molecular flexibility index (Phi) is 6.29. The summed E-state index contributed by atoms with van der Waals surface area (Å²) < 4.78 is 6.22. The average molecular weight is 419 g/mol. The van der Waals surface area contributed by atoms with Gasteiger partial charge in [0.2, 0.25) is 0 Å². The second kappa shape index (κ2) is 8.66. The monoisotopic (exact) mass is 418 g/mol. The highest BCUT2D eigenvalue weighted by Crippen LogP contribution is 2.24. The van der Waals surface area contributed by atoms with Crippen LogP contribution in [0, 0.1) is 6.92 Å². The highest BCUT2D eigenvalue weighted by Gasteiger charge is 2.24. The molecule has 138 valence electrons. The summed E-state index contributed by atoms with van der Waals surface area (Å²) >= 11 is 3.34. The number of benzene rings is 2. The molecule has 0 bridgehead atoms. The van der Waals surface area contributed by atoms with E-state index in [-0.39, 0.29) is 23.3 Å². The zero-order valence-electron chi connectivity index (χ0n) is 14.7. The number of amides is 1. The van der Waals surface area contributed by atoms with Crippen molar-refractivity contribution in [3.8, 4) is 5.75 Å². The molecule has 2 N–H and O–H groups in total. The SMILES string of the molecule is Cc1cccc(C(CNC(=O)c2cc(Br)ccc2O)N2CCOCC2)c1. The standard InChI is InChI=1S/C20H23BrN2O3/c1-14-3-2-4-15(11-14)18(23-7-9-26-10-8-23)13-22-20(25)17-12-16(21)5-6-19(17)24/h2-6,11-12,18,24H,7-10,13H2,1H3,(H,22,25). The molecule has 6 heteroatoms. The zero-order valence-corrected chi connectivity index (χ0v) is 16.3. The minimum absolute atomic E-state index is 0.0239. The quantitative estimate of drug-likeness (QED) is 0.781. The van der Waals surface area contributed by atoms with Crippen LogP contribution in [0.2, 0.25) is 0 Å². The van der Waals surface area contributed by atoms with Gasteiger partial charge >= 0.3 is 0 Å². The lowest BCUT2D eigenvalue weighted by atomic mass is 10.0. The summed E-state index contributed by atoms with van der Waals surface area (Å²) in [7, 11) is 0. The Morgan fingerprint density at radius 2 is 2.04 bits per heavy atom. The van der Waals surface area contributed by atoms with Crippen molar-refractivity contribution >= 4 is 21.8 Å². The van der Waals surface area contributed by atoms with Crippen molar-refractivity contribution in [1.82, 2.24) is 10.2 Å². The van der Waals surface area contributed by atoms with Gasteiger partial charge in [0.05, 0.1) is 24.8 Å². The topological polar surface area (TPSA) is 61.8 Å². The van der Waals surface area contributed by atoms with Gasteiger partial charge in [-0.05, 0) is 30.7 Å². The Morgan fingerprint density at radius 3 is 2.77 bits per heavy atom. The Balaban J connectivity index is 1.77. The summed E-state index contributed by atoms with van der Waals surface area (Å²) in [5.41, 5.74) is 2.63. The van der Waals surface area contributed by atoms with Crippen LogP contribution < -0.4 is 5.32 Å². The number of carbonyl (C=O) groups excluding carboxylic acids is 1. The molecular formula is C20H23BrN2O3. The van der Waals surface area contributed by atoms with E-state index in [1.807, 2.05) is 6.07 Å². The highest BCUT2D eigenvalue weighted by atomic mass is 79.9. The fourth-order valence-electron chi connectivity index (χ4n) is 3.20. The number of ether oxygens (including phenoxy) is 1. The van der Waals surface area contributed by atoms with Gasteiger partial charge in [-0.15, -0.1) is 0 Å². The second-order valence-corrected chi connectivity index (χ2v) is 7.37. The first kappa shape index (κ1) is 18.9. The molecule has 0 spiro atoms. The molecule has 5 nitrogen and oxygen atoms in total. The van der Waals surface area contributed by atoms with E-state index in [1.165, 1.54) is 17.2 Å². The van der Waals surface area contributed by atoms with Crippen LogP contribution in [0.3, 0.4) is 0 Å². The number of carbonyl (C=O) groups is 1. The third-order valence-electron chi connectivity index (χ3n) is 4.57. The van der Waals surface area contributed by atoms with Gasteiger partial charge in [0, 0.05) is 24.1 Å². The maximum absolute atomic E-state index is 12.6. The fourth-order valence-corrected chi connectivity index (χ4v) is 3.56. The largest absolute Gasteiger partial charge is 0.507 e. The third kappa shape index (κ3) is 4.63. The lowest BCUT2D eigenvalue weighted by molar-refractivity contribution is 0.0162. The number of rotatable bonds is 5. The van der Waals surface area contributed by atoms with Crippen molar-refractivity contribution in [3.05, 3.63) is 63.6 Å². The summed E-state index contributed by atoms with van der Waals surface area (Å²) in [4.78, 5) is 14.9. The minimum atomic E-state index is -0.283.